The van der Waals surface area contributed by atoms with Crippen molar-refractivity contribution < 1.29 is 0 Å². The molecule has 0 spiro atoms. The smallest absolute Gasteiger partial charge is 0.0452 e. The van der Waals surface area contributed by atoms with Crippen LogP contribution in [-0.4, -0.2) is 5.25 Å². The molecule has 1 aromatic rings. The van der Waals surface area contributed by atoms with E-state index in [2.05, 4.69) is 39.8 Å². The topological polar surface area (TPSA) is 26.0 Å². The lowest BCUT2D eigenvalue weighted by molar-refractivity contribution is 0.731. The summed E-state index contributed by atoms with van der Waals surface area (Å²) in [5.41, 5.74) is 8.26. The molecular formula is C13H21NS. The van der Waals surface area contributed by atoms with Gasteiger partial charge in [-0.1, -0.05) is 33.8 Å². The summed E-state index contributed by atoms with van der Waals surface area (Å²) >= 11 is 1.84. The van der Waals surface area contributed by atoms with Gasteiger partial charge >= 0.3 is 0 Å². The maximum Gasteiger partial charge on any atom is 0.0452 e. The van der Waals surface area contributed by atoms with Crippen molar-refractivity contribution in [3.63, 3.8) is 0 Å². The average molecular weight is 223 g/mol. The van der Waals surface area contributed by atoms with E-state index in [9.17, 15) is 0 Å². The molecule has 2 N–H and O–H groups in total. The fourth-order valence-corrected chi connectivity index (χ4v) is 2.37. The number of anilines is 1. The van der Waals surface area contributed by atoms with E-state index in [4.69, 9.17) is 5.73 Å². The molecule has 0 aromatic heterocycles. The summed E-state index contributed by atoms with van der Waals surface area (Å²) in [5.74, 6) is 0.622. The second-order valence-corrected chi connectivity index (χ2v) is 5.89. The SMILES string of the molecule is CCC(C)c1ccc(N)c(SC(C)C)c1. The van der Waals surface area contributed by atoms with Crippen LogP contribution in [0.5, 0.6) is 0 Å². The molecule has 0 aliphatic carbocycles. The van der Waals surface area contributed by atoms with Gasteiger partial charge in [-0.25, -0.2) is 0 Å². The normalized spacial score (nSPS) is 13.1. The predicted molar refractivity (Wildman–Crippen MR) is 70.6 cm³/mol. The van der Waals surface area contributed by atoms with E-state index >= 15 is 0 Å². The molecule has 1 aromatic carbocycles. The molecule has 0 bridgehead atoms. The summed E-state index contributed by atoms with van der Waals surface area (Å²) in [4.78, 5) is 1.22. The largest absolute Gasteiger partial charge is 0.398 e. The van der Waals surface area contributed by atoms with Crippen molar-refractivity contribution in [2.45, 2.75) is 50.2 Å². The lowest BCUT2D eigenvalue weighted by Gasteiger charge is -2.13. The molecule has 0 saturated heterocycles. The van der Waals surface area contributed by atoms with E-state index in [0.29, 0.717) is 11.2 Å². The van der Waals surface area contributed by atoms with Gasteiger partial charge in [0.05, 0.1) is 0 Å². The molecule has 0 saturated carbocycles. The quantitative estimate of drug-likeness (QED) is 0.609. The van der Waals surface area contributed by atoms with Crippen molar-refractivity contribution in [2.75, 3.05) is 5.73 Å². The molecule has 0 fully saturated rings. The van der Waals surface area contributed by atoms with E-state index in [0.717, 1.165) is 5.69 Å². The number of benzene rings is 1. The van der Waals surface area contributed by atoms with Crippen molar-refractivity contribution in [2.24, 2.45) is 0 Å². The first-order valence-corrected chi connectivity index (χ1v) is 6.48. The van der Waals surface area contributed by atoms with Crippen LogP contribution in [0.15, 0.2) is 23.1 Å². The highest BCUT2D eigenvalue weighted by Crippen LogP contribution is 2.32. The zero-order chi connectivity index (χ0) is 11.4. The van der Waals surface area contributed by atoms with Crippen LogP contribution < -0.4 is 5.73 Å². The van der Waals surface area contributed by atoms with Crippen LogP contribution in [0.25, 0.3) is 0 Å². The van der Waals surface area contributed by atoms with E-state index in [1.165, 1.54) is 16.9 Å². The third-order valence-corrected chi connectivity index (χ3v) is 3.66. The Bertz CT molecular complexity index is 320. The first kappa shape index (κ1) is 12.4. The van der Waals surface area contributed by atoms with Gasteiger partial charge in [0.1, 0.15) is 0 Å². The highest BCUT2D eigenvalue weighted by molar-refractivity contribution is 8.00. The Morgan fingerprint density at radius 2 is 1.93 bits per heavy atom. The number of nitrogens with two attached hydrogens (primary N) is 1. The summed E-state index contributed by atoms with van der Waals surface area (Å²) in [6.07, 6.45) is 1.18. The van der Waals surface area contributed by atoms with Crippen molar-refractivity contribution in [1.82, 2.24) is 0 Å². The molecule has 0 aliphatic heterocycles. The fraction of sp³-hybridized carbons (Fsp3) is 0.538. The minimum atomic E-state index is 0.583. The highest BCUT2D eigenvalue weighted by atomic mass is 32.2. The molecule has 1 rings (SSSR count). The van der Waals surface area contributed by atoms with Crippen LogP contribution in [-0.2, 0) is 0 Å². The van der Waals surface area contributed by atoms with Crippen LogP contribution in [0.1, 0.15) is 45.6 Å². The number of hydrogen-bond acceptors (Lipinski definition) is 2. The second-order valence-electron chi connectivity index (χ2n) is 4.27. The Morgan fingerprint density at radius 3 is 2.47 bits per heavy atom. The van der Waals surface area contributed by atoms with E-state index in [1.807, 2.05) is 17.8 Å². The summed E-state index contributed by atoms with van der Waals surface area (Å²) in [6, 6.07) is 6.42. The molecule has 0 heterocycles. The maximum absolute atomic E-state index is 5.96. The first-order chi connectivity index (χ1) is 7.04. The van der Waals surface area contributed by atoms with Crippen LogP contribution in [0.4, 0.5) is 5.69 Å². The monoisotopic (exact) mass is 223 g/mol. The lowest BCUT2D eigenvalue weighted by Crippen LogP contribution is -1.97. The van der Waals surface area contributed by atoms with Crippen LogP contribution in [0.3, 0.4) is 0 Å². The second kappa shape index (κ2) is 5.45. The third kappa shape index (κ3) is 3.45. The van der Waals surface area contributed by atoms with Crippen LogP contribution in [0, 0.1) is 0 Å². The Balaban J connectivity index is 2.94. The Labute approximate surface area is 97.4 Å². The van der Waals surface area contributed by atoms with Crippen molar-refractivity contribution in [3.05, 3.63) is 23.8 Å². The van der Waals surface area contributed by atoms with Gasteiger partial charge in [0.2, 0.25) is 0 Å². The number of thioether (sulfide) groups is 1. The average Bonchev–Trinajstić information content (AvgIpc) is 2.19. The molecule has 0 radical (unpaired) electrons. The third-order valence-electron chi connectivity index (χ3n) is 2.58. The minimum Gasteiger partial charge on any atom is -0.398 e. The molecule has 0 aliphatic rings. The Hall–Kier alpha value is -0.630. The molecule has 84 valence electrons. The van der Waals surface area contributed by atoms with Crippen molar-refractivity contribution in [3.8, 4) is 0 Å². The van der Waals surface area contributed by atoms with E-state index in [-0.39, 0.29) is 0 Å². The van der Waals surface area contributed by atoms with Gasteiger partial charge in [-0.3, -0.25) is 0 Å². The fourth-order valence-electron chi connectivity index (χ4n) is 1.45. The lowest BCUT2D eigenvalue weighted by atomic mass is 9.99. The van der Waals surface area contributed by atoms with Crippen molar-refractivity contribution >= 4 is 17.4 Å². The molecule has 0 amide bonds. The molecule has 1 unspecified atom stereocenters. The Morgan fingerprint density at radius 1 is 1.27 bits per heavy atom. The van der Waals surface area contributed by atoms with E-state index in [1.54, 1.807) is 0 Å². The standard InChI is InChI=1S/C13H21NS/c1-5-10(4)11-6-7-12(14)13(8-11)15-9(2)3/h6-10H,5,14H2,1-4H3. The molecule has 1 nitrogen and oxygen atoms in total. The summed E-state index contributed by atoms with van der Waals surface area (Å²) in [6.45, 7) is 8.87. The zero-order valence-corrected chi connectivity index (χ0v) is 10.9. The zero-order valence-electron chi connectivity index (χ0n) is 10.1. The van der Waals surface area contributed by atoms with Gasteiger partial charge in [-0.15, -0.1) is 11.8 Å². The van der Waals surface area contributed by atoms with Gasteiger partial charge in [0.15, 0.2) is 0 Å². The maximum atomic E-state index is 5.96. The molecule has 15 heavy (non-hydrogen) atoms. The van der Waals surface area contributed by atoms with Gasteiger partial charge in [-0.05, 0) is 30.0 Å². The summed E-state index contributed by atoms with van der Waals surface area (Å²) in [7, 11) is 0. The summed E-state index contributed by atoms with van der Waals surface area (Å²) in [5, 5.41) is 0.583. The van der Waals surface area contributed by atoms with Gasteiger partial charge in [0, 0.05) is 15.8 Å². The molecule has 2 heteroatoms. The number of hydrogen-bond donors (Lipinski definition) is 1. The first-order valence-electron chi connectivity index (χ1n) is 5.60. The van der Waals surface area contributed by atoms with Gasteiger partial charge in [-0.2, -0.15) is 0 Å². The van der Waals surface area contributed by atoms with Gasteiger partial charge in [0.25, 0.3) is 0 Å². The molecular weight excluding hydrogens is 202 g/mol. The number of rotatable bonds is 4. The van der Waals surface area contributed by atoms with E-state index < -0.39 is 0 Å². The van der Waals surface area contributed by atoms with Crippen LogP contribution in [0.2, 0.25) is 0 Å². The predicted octanol–water partition coefficient (Wildman–Crippen LogP) is 4.28. The number of nitrogen functional groups attached to an aromatic ring is 1. The summed E-state index contributed by atoms with van der Waals surface area (Å²) < 4.78 is 0. The molecule has 1 atom stereocenters. The highest BCUT2D eigenvalue weighted by Gasteiger charge is 2.08. The van der Waals surface area contributed by atoms with Crippen molar-refractivity contribution in [1.29, 1.82) is 0 Å². The van der Waals surface area contributed by atoms with Crippen LogP contribution >= 0.6 is 11.8 Å². The Kier molecular flexibility index (Phi) is 4.52. The van der Waals surface area contributed by atoms with Gasteiger partial charge < -0.3 is 5.73 Å². The minimum absolute atomic E-state index is 0.583.